The third-order valence-electron chi connectivity index (χ3n) is 2.29. The molecule has 0 radical (unpaired) electrons. The van der Waals surface area contributed by atoms with Gasteiger partial charge in [-0.2, -0.15) is 0 Å². The summed E-state index contributed by atoms with van der Waals surface area (Å²) in [4.78, 5) is 12.9. The molecular weight excluding hydrogens is 232 g/mol. The van der Waals surface area contributed by atoms with Gasteiger partial charge in [-0.3, -0.25) is 4.79 Å². The lowest BCUT2D eigenvalue weighted by Gasteiger charge is -2.05. The molecular formula is C13H12N2OS. The fourth-order valence-corrected chi connectivity index (χ4v) is 2.25. The molecule has 0 unspecified atom stereocenters. The summed E-state index contributed by atoms with van der Waals surface area (Å²) < 4.78 is 0. The summed E-state index contributed by atoms with van der Waals surface area (Å²) in [5.41, 5.74) is 12.3. The Morgan fingerprint density at radius 3 is 2.24 bits per heavy atom. The third-order valence-corrected chi connectivity index (χ3v) is 3.39. The van der Waals surface area contributed by atoms with E-state index in [0.717, 1.165) is 15.5 Å². The van der Waals surface area contributed by atoms with Crippen LogP contribution in [0.15, 0.2) is 58.3 Å². The van der Waals surface area contributed by atoms with E-state index in [0.29, 0.717) is 5.56 Å². The van der Waals surface area contributed by atoms with Crippen LogP contribution in [-0.2, 0) is 0 Å². The van der Waals surface area contributed by atoms with Crippen molar-refractivity contribution in [3.8, 4) is 0 Å². The predicted molar refractivity (Wildman–Crippen MR) is 69.9 cm³/mol. The number of amides is 1. The maximum absolute atomic E-state index is 10.9. The molecule has 3 nitrogen and oxygen atoms in total. The molecule has 0 spiro atoms. The molecule has 0 aliphatic rings. The van der Waals surface area contributed by atoms with Crippen LogP contribution in [0.4, 0.5) is 5.69 Å². The van der Waals surface area contributed by atoms with Crippen molar-refractivity contribution in [3.05, 3.63) is 54.1 Å². The van der Waals surface area contributed by atoms with E-state index in [9.17, 15) is 4.79 Å². The average Bonchev–Trinajstić information content (AvgIpc) is 2.33. The molecule has 0 saturated carbocycles. The minimum atomic E-state index is -0.416. The van der Waals surface area contributed by atoms with Crippen LogP contribution >= 0.6 is 11.8 Å². The SMILES string of the molecule is NC(=O)c1ccc(Sc2ccccc2N)cc1. The number of rotatable bonds is 3. The molecule has 0 saturated heterocycles. The predicted octanol–water partition coefficient (Wildman–Crippen LogP) is 2.52. The zero-order valence-corrected chi connectivity index (χ0v) is 9.91. The first-order valence-electron chi connectivity index (χ1n) is 5.09. The molecule has 4 N–H and O–H groups in total. The van der Waals surface area contributed by atoms with E-state index < -0.39 is 5.91 Å². The Morgan fingerprint density at radius 2 is 1.65 bits per heavy atom. The maximum Gasteiger partial charge on any atom is 0.248 e. The number of para-hydroxylation sites is 1. The fraction of sp³-hybridized carbons (Fsp3) is 0. The van der Waals surface area contributed by atoms with Gasteiger partial charge in [0.15, 0.2) is 0 Å². The standard InChI is InChI=1S/C13H12N2OS/c14-11-3-1-2-4-12(11)17-10-7-5-9(6-8-10)13(15)16/h1-8H,14H2,(H2,15,16). The third kappa shape index (κ3) is 2.79. The Morgan fingerprint density at radius 1 is 1.00 bits per heavy atom. The normalized spacial score (nSPS) is 10.1. The Hall–Kier alpha value is -1.94. The molecule has 0 aromatic heterocycles. The molecule has 2 rings (SSSR count). The van der Waals surface area contributed by atoms with Crippen molar-refractivity contribution in [3.63, 3.8) is 0 Å². The minimum Gasteiger partial charge on any atom is -0.398 e. The number of nitrogens with two attached hydrogens (primary N) is 2. The fourth-order valence-electron chi connectivity index (χ4n) is 1.39. The molecule has 0 aliphatic heterocycles. The highest BCUT2D eigenvalue weighted by Gasteiger charge is 2.03. The van der Waals surface area contributed by atoms with Crippen molar-refractivity contribution in [2.45, 2.75) is 9.79 Å². The van der Waals surface area contributed by atoms with Crippen molar-refractivity contribution in [2.75, 3.05) is 5.73 Å². The largest absolute Gasteiger partial charge is 0.398 e. The van der Waals surface area contributed by atoms with Gasteiger partial charge in [-0.15, -0.1) is 0 Å². The Labute approximate surface area is 104 Å². The van der Waals surface area contributed by atoms with E-state index in [2.05, 4.69) is 0 Å². The summed E-state index contributed by atoms with van der Waals surface area (Å²) in [6.07, 6.45) is 0. The van der Waals surface area contributed by atoms with Crippen molar-refractivity contribution < 1.29 is 4.79 Å². The average molecular weight is 244 g/mol. The van der Waals surface area contributed by atoms with Gasteiger partial charge in [0, 0.05) is 21.0 Å². The van der Waals surface area contributed by atoms with Crippen LogP contribution in [0.1, 0.15) is 10.4 Å². The molecule has 1 amide bonds. The molecule has 2 aromatic carbocycles. The van der Waals surface area contributed by atoms with E-state index >= 15 is 0 Å². The van der Waals surface area contributed by atoms with Crippen LogP contribution in [-0.4, -0.2) is 5.91 Å². The van der Waals surface area contributed by atoms with Crippen LogP contribution in [0.2, 0.25) is 0 Å². The summed E-state index contributed by atoms with van der Waals surface area (Å²) in [7, 11) is 0. The molecule has 17 heavy (non-hydrogen) atoms. The first-order chi connectivity index (χ1) is 8.16. The second kappa shape index (κ2) is 4.93. The number of benzene rings is 2. The van der Waals surface area contributed by atoms with Crippen molar-refractivity contribution >= 4 is 23.4 Å². The Kier molecular flexibility index (Phi) is 3.35. The molecule has 0 fully saturated rings. The van der Waals surface area contributed by atoms with Gasteiger partial charge < -0.3 is 11.5 Å². The number of carbonyl (C=O) groups excluding carboxylic acids is 1. The highest BCUT2D eigenvalue weighted by Crippen LogP contribution is 2.31. The molecule has 0 aliphatic carbocycles. The zero-order chi connectivity index (χ0) is 12.3. The van der Waals surface area contributed by atoms with Crippen LogP contribution in [0.3, 0.4) is 0 Å². The van der Waals surface area contributed by atoms with Gasteiger partial charge in [-0.1, -0.05) is 23.9 Å². The lowest BCUT2D eigenvalue weighted by atomic mass is 10.2. The number of anilines is 1. The molecule has 86 valence electrons. The quantitative estimate of drug-likeness (QED) is 0.815. The van der Waals surface area contributed by atoms with Gasteiger partial charge in [0.2, 0.25) is 5.91 Å². The number of primary amides is 1. The monoisotopic (exact) mass is 244 g/mol. The maximum atomic E-state index is 10.9. The lowest BCUT2D eigenvalue weighted by Crippen LogP contribution is -2.10. The summed E-state index contributed by atoms with van der Waals surface area (Å²) in [5.74, 6) is -0.416. The van der Waals surface area contributed by atoms with Crippen LogP contribution < -0.4 is 11.5 Å². The first kappa shape index (κ1) is 11.5. The van der Waals surface area contributed by atoms with Crippen molar-refractivity contribution in [1.82, 2.24) is 0 Å². The van der Waals surface area contributed by atoms with Crippen LogP contribution in [0.5, 0.6) is 0 Å². The summed E-state index contributed by atoms with van der Waals surface area (Å²) >= 11 is 1.56. The molecule has 0 bridgehead atoms. The number of carbonyl (C=O) groups is 1. The van der Waals surface area contributed by atoms with Gasteiger partial charge in [-0.25, -0.2) is 0 Å². The number of hydrogen-bond acceptors (Lipinski definition) is 3. The van der Waals surface area contributed by atoms with Crippen molar-refractivity contribution in [1.29, 1.82) is 0 Å². The minimum absolute atomic E-state index is 0.416. The highest BCUT2D eigenvalue weighted by molar-refractivity contribution is 7.99. The van der Waals surface area contributed by atoms with E-state index in [1.54, 1.807) is 23.9 Å². The topological polar surface area (TPSA) is 69.1 Å². The number of nitrogen functional groups attached to an aromatic ring is 1. The summed E-state index contributed by atoms with van der Waals surface area (Å²) in [6, 6.07) is 14.8. The van der Waals surface area contributed by atoms with Crippen LogP contribution in [0.25, 0.3) is 0 Å². The van der Waals surface area contributed by atoms with Gasteiger partial charge in [0.1, 0.15) is 0 Å². The van der Waals surface area contributed by atoms with Gasteiger partial charge >= 0.3 is 0 Å². The Balaban J connectivity index is 2.20. The van der Waals surface area contributed by atoms with E-state index in [1.165, 1.54) is 0 Å². The van der Waals surface area contributed by atoms with E-state index in [4.69, 9.17) is 11.5 Å². The number of hydrogen-bond donors (Lipinski definition) is 2. The van der Waals surface area contributed by atoms with E-state index in [1.807, 2.05) is 36.4 Å². The van der Waals surface area contributed by atoms with Crippen molar-refractivity contribution in [2.24, 2.45) is 5.73 Å². The first-order valence-corrected chi connectivity index (χ1v) is 5.90. The van der Waals surface area contributed by atoms with Gasteiger partial charge in [0.05, 0.1) is 0 Å². The van der Waals surface area contributed by atoms with Gasteiger partial charge in [-0.05, 0) is 36.4 Å². The summed E-state index contributed by atoms with van der Waals surface area (Å²) in [5, 5.41) is 0. The second-order valence-electron chi connectivity index (χ2n) is 3.53. The van der Waals surface area contributed by atoms with E-state index in [-0.39, 0.29) is 0 Å². The zero-order valence-electron chi connectivity index (χ0n) is 9.09. The molecule has 4 heteroatoms. The lowest BCUT2D eigenvalue weighted by molar-refractivity contribution is 0.100. The molecule has 0 heterocycles. The Bertz CT molecular complexity index is 537. The molecule has 0 atom stereocenters. The summed E-state index contributed by atoms with van der Waals surface area (Å²) in [6.45, 7) is 0. The van der Waals surface area contributed by atoms with Gasteiger partial charge in [0.25, 0.3) is 0 Å². The smallest absolute Gasteiger partial charge is 0.248 e. The van der Waals surface area contributed by atoms with Crippen LogP contribution in [0, 0.1) is 0 Å². The molecule has 2 aromatic rings. The highest BCUT2D eigenvalue weighted by atomic mass is 32.2. The second-order valence-corrected chi connectivity index (χ2v) is 4.64.